The van der Waals surface area contributed by atoms with E-state index in [9.17, 15) is 36.0 Å². The van der Waals surface area contributed by atoms with Crippen LogP contribution in [0.4, 0.5) is 18.9 Å². The predicted molar refractivity (Wildman–Crippen MR) is 120 cm³/mol. The second-order valence-electron chi connectivity index (χ2n) is 7.58. The number of halogens is 3. The van der Waals surface area contributed by atoms with Crippen LogP contribution in [-0.2, 0) is 30.6 Å². The van der Waals surface area contributed by atoms with Crippen molar-refractivity contribution in [3.63, 3.8) is 0 Å². The van der Waals surface area contributed by atoms with E-state index in [1.807, 2.05) is 4.72 Å². The average molecular weight is 519 g/mol. The number of hydrogen-bond acceptors (Lipinski definition) is 6. The van der Waals surface area contributed by atoms with Crippen molar-refractivity contribution in [3.8, 4) is 11.3 Å². The third kappa shape index (κ3) is 5.00. The van der Waals surface area contributed by atoms with Crippen LogP contribution in [0.25, 0.3) is 17.4 Å². The van der Waals surface area contributed by atoms with Gasteiger partial charge in [0.2, 0.25) is 5.91 Å². The van der Waals surface area contributed by atoms with Crippen molar-refractivity contribution in [2.75, 3.05) is 5.01 Å². The third-order valence-electron chi connectivity index (χ3n) is 4.96. The Morgan fingerprint density at radius 3 is 2.39 bits per heavy atom. The summed E-state index contributed by atoms with van der Waals surface area (Å²) in [5.74, 6) is -2.05. The van der Waals surface area contributed by atoms with Gasteiger partial charge in [-0.05, 0) is 60.7 Å². The monoisotopic (exact) mass is 519 g/mol. The average Bonchev–Trinajstić information content (AvgIpc) is 3.38. The normalized spacial score (nSPS) is 15.3. The van der Waals surface area contributed by atoms with Crippen molar-refractivity contribution < 1.29 is 40.4 Å². The Morgan fingerprint density at radius 1 is 1.06 bits per heavy atom. The molecule has 2 heterocycles. The maximum absolute atomic E-state index is 13.0. The van der Waals surface area contributed by atoms with Crippen molar-refractivity contribution in [3.05, 3.63) is 77.6 Å². The lowest BCUT2D eigenvalue weighted by Crippen LogP contribution is -2.35. The van der Waals surface area contributed by atoms with Gasteiger partial charge in [-0.2, -0.15) is 13.2 Å². The predicted octanol–water partition coefficient (Wildman–Crippen LogP) is 3.25. The van der Waals surface area contributed by atoms with Gasteiger partial charge >= 0.3 is 6.18 Å². The molecule has 1 fully saturated rings. The molecule has 1 saturated heterocycles. The molecular formula is C23H16F3N3O6S. The zero-order valence-electron chi connectivity index (χ0n) is 18.3. The van der Waals surface area contributed by atoms with Gasteiger partial charge < -0.3 is 4.42 Å². The van der Waals surface area contributed by atoms with E-state index in [2.05, 4.69) is 5.43 Å². The zero-order valence-corrected chi connectivity index (χ0v) is 19.1. The molecule has 36 heavy (non-hydrogen) atoms. The van der Waals surface area contributed by atoms with Gasteiger partial charge in [-0.1, -0.05) is 6.07 Å². The van der Waals surface area contributed by atoms with Crippen LogP contribution in [0.3, 0.4) is 0 Å². The zero-order chi connectivity index (χ0) is 26.3. The van der Waals surface area contributed by atoms with Gasteiger partial charge in [-0.3, -0.25) is 19.8 Å². The van der Waals surface area contributed by atoms with E-state index in [0.29, 0.717) is 10.6 Å². The summed E-state index contributed by atoms with van der Waals surface area (Å²) in [5.41, 5.74) is 1.19. The van der Waals surface area contributed by atoms with Gasteiger partial charge in [0.1, 0.15) is 17.1 Å². The van der Waals surface area contributed by atoms with E-state index in [1.54, 1.807) is 0 Å². The Kier molecular flexibility index (Phi) is 6.18. The Morgan fingerprint density at radius 2 is 1.75 bits per heavy atom. The summed E-state index contributed by atoms with van der Waals surface area (Å²) in [7, 11) is -4.01. The topological polar surface area (TPSA) is 126 Å². The molecular weight excluding hydrogens is 503 g/mol. The molecule has 0 aliphatic carbocycles. The molecule has 13 heteroatoms. The molecule has 2 N–H and O–H groups in total. The molecule has 3 aromatic rings. The van der Waals surface area contributed by atoms with Gasteiger partial charge in [0, 0.05) is 12.5 Å². The lowest BCUT2D eigenvalue weighted by Gasteiger charge is -2.16. The molecule has 9 nitrogen and oxygen atoms in total. The van der Waals surface area contributed by atoms with Gasteiger partial charge in [-0.15, -0.1) is 0 Å². The number of carbonyl (C=O) groups excluding carboxylic acids is 3. The van der Waals surface area contributed by atoms with E-state index in [-0.39, 0.29) is 27.7 Å². The van der Waals surface area contributed by atoms with Crippen LogP contribution < -0.4 is 15.2 Å². The van der Waals surface area contributed by atoms with Crippen molar-refractivity contribution in [1.29, 1.82) is 0 Å². The van der Waals surface area contributed by atoms with Gasteiger partial charge in [-0.25, -0.2) is 18.1 Å². The number of sulfonamides is 1. The summed E-state index contributed by atoms with van der Waals surface area (Å²) in [6, 6.07) is 12.3. The number of nitrogens with zero attached hydrogens (tertiary/aromatic N) is 1. The number of nitrogens with one attached hydrogen (secondary N) is 2. The fourth-order valence-electron chi connectivity index (χ4n) is 3.33. The second kappa shape index (κ2) is 9.00. The standard InChI is InChI=1S/C23H16F3N3O6S/c1-13(30)28-36(33,34)18-8-5-14(6-9-18)20-10-7-17(35-20)12-19-21(31)27-29(22(19)32)16-4-2-3-15(11-16)23(24,25)26/h2-12H,1H3,(H,27,31)(H,28,30)/b19-12+. The number of amides is 3. The summed E-state index contributed by atoms with van der Waals surface area (Å²) in [4.78, 5) is 36.0. The first kappa shape index (κ1) is 24.7. The maximum Gasteiger partial charge on any atom is 0.416 e. The number of rotatable bonds is 5. The minimum absolute atomic E-state index is 0.101. The van der Waals surface area contributed by atoms with Crippen LogP contribution in [0.5, 0.6) is 0 Å². The smallest absolute Gasteiger partial charge is 0.416 e. The molecule has 0 atom stereocenters. The third-order valence-corrected chi connectivity index (χ3v) is 6.41. The summed E-state index contributed by atoms with van der Waals surface area (Å²) in [5, 5.41) is 0.710. The lowest BCUT2D eigenvalue weighted by atomic mass is 10.1. The molecule has 0 spiro atoms. The first-order chi connectivity index (χ1) is 16.8. The minimum atomic E-state index is -4.63. The highest BCUT2D eigenvalue weighted by Gasteiger charge is 2.37. The Labute approximate surface area is 202 Å². The number of hydrazine groups is 1. The summed E-state index contributed by atoms with van der Waals surface area (Å²) >= 11 is 0. The van der Waals surface area contributed by atoms with Crippen molar-refractivity contribution in [2.45, 2.75) is 18.0 Å². The largest absolute Gasteiger partial charge is 0.457 e. The number of benzene rings is 2. The van der Waals surface area contributed by atoms with E-state index in [4.69, 9.17) is 4.42 Å². The van der Waals surface area contributed by atoms with Crippen LogP contribution in [0.1, 0.15) is 18.2 Å². The quantitative estimate of drug-likeness (QED) is 0.394. The highest BCUT2D eigenvalue weighted by molar-refractivity contribution is 7.90. The summed E-state index contributed by atoms with van der Waals surface area (Å²) in [6.07, 6.45) is -3.48. The molecule has 186 valence electrons. The molecule has 0 unspecified atom stereocenters. The van der Waals surface area contributed by atoms with Gasteiger partial charge in [0.25, 0.3) is 21.8 Å². The molecule has 0 bridgehead atoms. The maximum atomic E-state index is 13.0. The number of hydrogen-bond donors (Lipinski definition) is 2. The van der Waals surface area contributed by atoms with E-state index in [1.165, 1.54) is 42.5 Å². The van der Waals surface area contributed by atoms with Crippen LogP contribution in [-0.4, -0.2) is 26.1 Å². The van der Waals surface area contributed by atoms with Crippen molar-refractivity contribution in [2.24, 2.45) is 0 Å². The van der Waals surface area contributed by atoms with Crippen LogP contribution >= 0.6 is 0 Å². The van der Waals surface area contributed by atoms with E-state index in [0.717, 1.165) is 31.2 Å². The Bertz CT molecular complexity index is 1510. The molecule has 4 rings (SSSR count). The summed E-state index contributed by atoms with van der Waals surface area (Å²) < 4.78 is 70.6. The van der Waals surface area contributed by atoms with Crippen LogP contribution in [0.2, 0.25) is 0 Å². The highest BCUT2D eigenvalue weighted by atomic mass is 32.2. The second-order valence-corrected chi connectivity index (χ2v) is 9.26. The van der Waals surface area contributed by atoms with Gasteiger partial charge in [0.05, 0.1) is 16.1 Å². The molecule has 1 aliphatic heterocycles. The SMILES string of the molecule is CC(=O)NS(=O)(=O)c1ccc(-c2ccc(/C=C3\C(=O)NN(c4cccc(C(F)(F)F)c4)C3=O)o2)cc1. The van der Waals surface area contributed by atoms with Crippen LogP contribution in [0, 0.1) is 0 Å². The van der Waals surface area contributed by atoms with Gasteiger partial charge in [0.15, 0.2) is 0 Å². The molecule has 2 aromatic carbocycles. The highest BCUT2D eigenvalue weighted by Crippen LogP contribution is 2.32. The van der Waals surface area contributed by atoms with Crippen molar-refractivity contribution in [1.82, 2.24) is 10.1 Å². The molecule has 1 aliphatic rings. The molecule has 0 saturated carbocycles. The Balaban J connectivity index is 1.56. The molecule has 3 amide bonds. The van der Waals surface area contributed by atoms with Crippen LogP contribution in [0.15, 0.2) is 75.5 Å². The molecule has 0 radical (unpaired) electrons. The van der Waals surface area contributed by atoms with Crippen molar-refractivity contribution >= 4 is 39.5 Å². The Hall–Kier alpha value is -4.39. The molecule has 1 aromatic heterocycles. The van der Waals surface area contributed by atoms with E-state index >= 15 is 0 Å². The summed E-state index contributed by atoms with van der Waals surface area (Å²) in [6.45, 7) is 1.07. The fraction of sp³-hybridized carbons (Fsp3) is 0.0870. The minimum Gasteiger partial charge on any atom is -0.457 e. The number of alkyl halides is 3. The lowest BCUT2D eigenvalue weighted by molar-refractivity contribution is -0.137. The number of carbonyl (C=O) groups is 3. The van der Waals surface area contributed by atoms with E-state index < -0.39 is 39.5 Å². The number of furan rings is 1. The number of anilines is 1. The first-order valence-electron chi connectivity index (χ1n) is 10.1. The fourth-order valence-corrected chi connectivity index (χ4v) is 4.33. The first-order valence-corrected chi connectivity index (χ1v) is 11.6.